The van der Waals surface area contributed by atoms with Crippen LogP contribution >= 0.6 is 0 Å². The summed E-state index contributed by atoms with van der Waals surface area (Å²) in [6, 6.07) is 16.2. The smallest absolute Gasteiger partial charge is 0.336 e. The molecule has 2 N–H and O–H groups in total. The van der Waals surface area contributed by atoms with Crippen molar-refractivity contribution in [3.05, 3.63) is 76.1 Å². The molecule has 2 aromatic carbocycles. The van der Waals surface area contributed by atoms with Crippen LogP contribution in [0.2, 0.25) is 0 Å². The van der Waals surface area contributed by atoms with E-state index in [4.69, 9.17) is 4.42 Å². The monoisotopic (exact) mass is 325 g/mol. The fourth-order valence-corrected chi connectivity index (χ4v) is 2.79. The van der Waals surface area contributed by atoms with E-state index in [0.29, 0.717) is 25.2 Å². The van der Waals surface area contributed by atoms with Gasteiger partial charge in [-0.2, -0.15) is 0 Å². The molecule has 124 valence electrons. The zero-order chi connectivity index (χ0) is 16.9. The Morgan fingerprint density at radius 2 is 1.79 bits per heavy atom. The number of nitrogens with zero attached hydrogens (tertiary/aromatic N) is 1. The molecule has 5 nitrogen and oxygen atoms in total. The highest BCUT2D eigenvalue weighted by molar-refractivity contribution is 5.81. The van der Waals surface area contributed by atoms with E-state index in [9.17, 15) is 15.0 Å². The molecular weight excluding hydrogens is 306 g/mol. The largest absolute Gasteiger partial charge is 0.508 e. The first-order valence-corrected chi connectivity index (χ1v) is 7.78. The summed E-state index contributed by atoms with van der Waals surface area (Å²) in [5, 5.41) is 19.7. The predicted molar refractivity (Wildman–Crippen MR) is 91.8 cm³/mol. The first-order chi connectivity index (χ1) is 11.7. The minimum Gasteiger partial charge on any atom is -0.508 e. The number of rotatable bonds is 6. The third-order valence-electron chi connectivity index (χ3n) is 3.87. The van der Waals surface area contributed by atoms with Crippen LogP contribution in [0, 0.1) is 0 Å². The molecule has 24 heavy (non-hydrogen) atoms. The molecule has 0 saturated heterocycles. The second-order valence-electron chi connectivity index (χ2n) is 5.69. The standard InChI is InChI=1S/C19H19NO4/c21-9-8-20(12-14-4-2-1-3-5-14)13-15-10-19(23)24-18-11-16(22)6-7-17(15)18/h1-7,10-11,21-22H,8-9,12-13H2. The first-order valence-electron chi connectivity index (χ1n) is 7.78. The molecule has 0 bridgehead atoms. The highest BCUT2D eigenvalue weighted by Gasteiger charge is 2.12. The number of aliphatic hydroxyl groups excluding tert-OH is 1. The van der Waals surface area contributed by atoms with Gasteiger partial charge in [0.2, 0.25) is 0 Å². The van der Waals surface area contributed by atoms with Gasteiger partial charge < -0.3 is 14.6 Å². The minimum atomic E-state index is -0.452. The summed E-state index contributed by atoms with van der Waals surface area (Å²) in [6.45, 7) is 1.70. The topological polar surface area (TPSA) is 73.9 Å². The van der Waals surface area contributed by atoms with Crippen LogP contribution < -0.4 is 5.63 Å². The van der Waals surface area contributed by atoms with E-state index in [2.05, 4.69) is 4.90 Å². The lowest BCUT2D eigenvalue weighted by Gasteiger charge is -2.22. The van der Waals surface area contributed by atoms with Crippen LogP contribution in [-0.2, 0) is 13.1 Å². The Hall–Kier alpha value is -2.63. The van der Waals surface area contributed by atoms with Gasteiger partial charge >= 0.3 is 5.63 Å². The fourth-order valence-electron chi connectivity index (χ4n) is 2.79. The van der Waals surface area contributed by atoms with E-state index in [1.165, 1.54) is 12.1 Å². The number of phenolic OH excluding ortho intramolecular Hbond substituents is 1. The van der Waals surface area contributed by atoms with Gasteiger partial charge in [0.25, 0.3) is 0 Å². The molecular formula is C19H19NO4. The van der Waals surface area contributed by atoms with Gasteiger partial charge in [0.1, 0.15) is 11.3 Å². The van der Waals surface area contributed by atoms with Crippen molar-refractivity contribution >= 4 is 11.0 Å². The van der Waals surface area contributed by atoms with Gasteiger partial charge in [-0.15, -0.1) is 0 Å². The number of fused-ring (bicyclic) bond motifs is 1. The van der Waals surface area contributed by atoms with Crippen LogP contribution in [0.15, 0.2) is 63.8 Å². The summed E-state index contributed by atoms with van der Waals surface area (Å²) in [4.78, 5) is 13.9. The van der Waals surface area contributed by atoms with E-state index in [-0.39, 0.29) is 12.4 Å². The Balaban J connectivity index is 1.92. The second kappa shape index (κ2) is 7.29. The molecule has 0 fully saturated rings. The lowest BCUT2D eigenvalue weighted by Crippen LogP contribution is -2.26. The van der Waals surface area contributed by atoms with Crippen LogP contribution in [0.25, 0.3) is 11.0 Å². The van der Waals surface area contributed by atoms with Crippen LogP contribution in [0.4, 0.5) is 0 Å². The Bertz CT molecular complexity index is 873. The number of hydrogen-bond donors (Lipinski definition) is 2. The van der Waals surface area contributed by atoms with Crippen molar-refractivity contribution in [2.75, 3.05) is 13.2 Å². The number of benzene rings is 2. The Morgan fingerprint density at radius 1 is 1.00 bits per heavy atom. The van der Waals surface area contributed by atoms with Crippen molar-refractivity contribution in [2.24, 2.45) is 0 Å². The maximum atomic E-state index is 11.8. The van der Waals surface area contributed by atoms with E-state index >= 15 is 0 Å². The fraction of sp³-hybridized carbons (Fsp3) is 0.211. The molecule has 0 unspecified atom stereocenters. The second-order valence-corrected chi connectivity index (χ2v) is 5.69. The van der Waals surface area contributed by atoms with Crippen molar-refractivity contribution in [3.8, 4) is 5.75 Å². The van der Waals surface area contributed by atoms with Gasteiger partial charge in [-0.25, -0.2) is 4.79 Å². The normalized spacial score (nSPS) is 11.2. The predicted octanol–water partition coefficient (Wildman–Crippen LogP) is 2.49. The molecule has 0 aliphatic carbocycles. The molecule has 0 spiro atoms. The van der Waals surface area contributed by atoms with Crippen LogP contribution in [0.3, 0.4) is 0 Å². The summed E-state index contributed by atoms with van der Waals surface area (Å²) in [5.74, 6) is 0.0549. The third-order valence-corrected chi connectivity index (χ3v) is 3.87. The molecule has 1 aromatic heterocycles. The van der Waals surface area contributed by atoms with Crippen molar-refractivity contribution in [2.45, 2.75) is 13.1 Å². The Kier molecular flexibility index (Phi) is 4.93. The molecule has 0 saturated carbocycles. The molecule has 3 aromatic rings. The van der Waals surface area contributed by atoms with Crippen molar-refractivity contribution in [1.29, 1.82) is 0 Å². The van der Waals surface area contributed by atoms with Crippen molar-refractivity contribution in [3.63, 3.8) is 0 Å². The summed E-state index contributed by atoms with van der Waals surface area (Å²) in [5.41, 5.74) is 1.86. The number of hydrogen-bond acceptors (Lipinski definition) is 5. The van der Waals surface area contributed by atoms with Gasteiger partial charge in [-0.3, -0.25) is 4.90 Å². The maximum Gasteiger partial charge on any atom is 0.336 e. The molecule has 0 radical (unpaired) electrons. The summed E-state index contributed by atoms with van der Waals surface area (Å²) in [7, 11) is 0. The molecule has 0 aliphatic heterocycles. The molecule has 3 rings (SSSR count). The minimum absolute atomic E-state index is 0.0347. The van der Waals surface area contributed by atoms with Gasteiger partial charge in [-0.05, 0) is 23.3 Å². The summed E-state index contributed by atoms with van der Waals surface area (Å²) >= 11 is 0. The van der Waals surface area contributed by atoms with Gasteiger partial charge in [-0.1, -0.05) is 30.3 Å². The average molecular weight is 325 g/mol. The molecule has 0 amide bonds. The van der Waals surface area contributed by atoms with Crippen molar-refractivity contribution < 1.29 is 14.6 Å². The quantitative estimate of drug-likeness (QED) is 0.681. The van der Waals surface area contributed by atoms with E-state index in [1.807, 2.05) is 30.3 Å². The van der Waals surface area contributed by atoms with E-state index < -0.39 is 5.63 Å². The van der Waals surface area contributed by atoms with Gasteiger partial charge in [0, 0.05) is 37.2 Å². The highest BCUT2D eigenvalue weighted by atomic mass is 16.4. The highest BCUT2D eigenvalue weighted by Crippen LogP contribution is 2.23. The number of aromatic hydroxyl groups is 1. The summed E-state index contributed by atoms with van der Waals surface area (Å²) in [6.07, 6.45) is 0. The molecule has 0 aliphatic rings. The maximum absolute atomic E-state index is 11.8. The lowest BCUT2D eigenvalue weighted by molar-refractivity contribution is 0.184. The van der Waals surface area contributed by atoms with Gasteiger partial charge in [0.05, 0.1) is 6.61 Å². The lowest BCUT2D eigenvalue weighted by atomic mass is 10.1. The first kappa shape index (κ1) is 16.2. The van der Waals surface area contributed by atoms with Crippen LogP contribution in [0.5, 0.6) is 5.75 Å². The van der Waals surface area contributed by atoms with Crippen molar-refractivity contribution in [1.82, 2.24) is 4.90 Å². The SMILES string of the molecule is O=c1cc(CN(CCO)Cc2ccccc2)c2ccc(O)cc2o1. The van der Waals surface area contributed by atoms with Crippen LogP contribution in [0.1, 0.15) is 11.1 Å². The Labute approximate surface area is 139 Å². The van der Waals surface area contributed by atoms with Gasteiger partial charge in [0.15, 0.2) is 0 Å². The zero-order valence-electron chi connectivity index (χ0n) is 13.2. The van der Waals surface area contributed by atoms with Crippen LogP contribution in [-0.4, -0.2) is 28.3 Å². The molecule has 5 heteroatoms. The molecule has 0 atom stereocenters. The van der Waals surface area contributed by atoms with E-state index in [1.54, 1.807) is 12.1 Å². The number of aliphatic hydroxyl groups is 1. The third kappa shape index (κ3) is 3.82. The number of phenols is 1. The zero-order valence-corrected chi connectivity index (χ0v) is 13.2. The Morgan fingerprint density at radius 3 is 2.54 bits per heavy atom. The van der Waals surface area contributed by atoms with E-state index in [0.717, 1.165) is 16.5 Å². The summed E-state index contributed by atoms with van der Waals surface area (Å²) < 4.78 is 5.16. The average Bonchev–Trinajstić information content (AvgIpc) is 2.55. The molecule has 1 heterocycles.